The van der Waals surface area contributed by atoms with E-state index in [1.165, 1.54) is 0 Å². The van der Waals surface area contributed by atoms with Crippen LogP contribution in [0, 0.1) is 0 Å². The number of alkyl halides is 2. The fraction of sp³-hybridized carbons (Fsp3) is 1.00. The van der Waals surface area contributed by atoms with Crippen molar-refractivity contribution in [1.29, 1.82) is 0 Å². The predicted octanol–water partition coefficient (Wildman–Crippen LogP) is 3.64. The molecule has 33 heavy (non-hydrogen) atoms. The van der Waals surface area contributed by atoms with Gasteiger partial charge in [0.1, 0.15) is 24.4 Å². The van der Waals surface area contributed by atoms with Crippen molar-refractivity contribution in [2.45, 2.75) is 70.2 Å². The molecule has 0 amide bonds. The van der Waals surface area contributed by atoms with Crippen molar-refractivity contribution in [3.8, 4) is 0 Å². The first kappa shape index (κ1) is 31.3. The Morgan fingerprint density at radius 1 is 0.636 bits per heavy atom. The van der Waals surface area contributed by atoms with Crippen LogP contribution in [0.25, 0.3) is 0 Å². The second-order valence-corrected chi connectivity index (χ2v) is 8.43. The molecule has 1 saturated heterocycles. The minimum atomic E-state index is -0.627. The molecular weight excluding hydrogens is 475 g/mol. The Balaban J connectivity index is 2.90. The molecule has 1 aliphatic heterocycles. The van der Waals surface area contributed by atoms with Crippen molar-refractivity contribution in [2.24, 2.45) is 0 Å². The molecule has 0 aromatic carbocycles. The Hall–Kier alpha value is 0.260. The fourth-order valence-corrected chi connectivity index (χ4v) is 3.60. The summed E-state index contributed by atoms with van der Waals surface area (Å²) in [7, 11) is 1.60. The van der Waals surface area contributed by atoms with Gasteiger partial charge in [-0.1, -0.05) is 26.7 Å². The first-order valence-corrected chi connectivity index (χ1v) is 13.2. The highest BCUT2D eigenvalue weighted by molar-refractivity contribution is 6.18. The van der Waals surface area contributed by atoms with Gasteiger partial charge in [-0.05, 0) is 12.8 Å². The van der Waals surface area contributed by atoms with Gasteiger partial charge in [0.05, 0.1) is 46.2 Å². The normalized spacial score (nSPS) is 25.5. The largest absolute Gasteiger partial charge is 0.379 e. The van der Waals surface area contributed by atoms with Crippen molar-refractivity contribution in [2.75, 3.05) is 78.3 Å². The van der Waals surface area contributed by atoms with Crippen LogP contribution in [-0.2, 0) is 37.9 Å². The van der Waals surface area contributed by atoms with Crippen LogP contribution in [0.2, 0.25) is 0 Å². The first-order chi connectivity index (χ1) is 16.2. The number of hydrogen-bond acceptors (Lipinski definition) is 8. The molecule has 0 aromatic rings. The molecule has 10 heteroatoms. The van der Waals surface area contributed by atoms with Crippen LogP contribution in [0.3, 0.4) is 0 Å². The molecule has 0 radical (unpaired) electrons. The van der Waals surface area contributed by atoms with Crippen LogP contribution in [0.1, 0.15) is 39.5 Å². The molecule has 198 valence electrons. The minimum Gasteiger partial charge on any atom is -0.379 e. The van der Waals surface area contributed by atoms with E-state index in [1.807, 2.05) is 0 Å². The molecule has 1 heterocycles. The number of halogens is 2. The van der Waals surface area contributed by atoms with Gasteiger partial charge in [-0.15, -0.1) is 23.2 Å². The Bertz CT molecular complexity index is 435. The summed E-state index contributed by atoms with van der Waals surface area (Å²) in [6.45, 7) is 8.43. The zero-order valence-corrected chi connectivity index (χ0v) is 22.0. The lowest BCUT2D eigenvalue weighted by molar-refractivity contribution is -0.319. The summed E-state index contributed by atoms with van der Waals surface area (Å²) in [5.41, 5.74) is 0. The molecule has 0 bridgehead atoms. The third kappa shape index (κ3) is 13.2. The van der Waals surface area contributed by atoms with E-state index in [2.05, 4.69) is 13.8 Å². The molecule has 1 fully saturated rings. The molecule has 0 unspecified atom stereocenters. The SMILES string of the molecule is CCCCOC[C@H]1O[C@H](OC)[C@H](OCCOCCCl)[C@@H](OCCOCCCl)[C@@H]1OCCCC. The zero-order chi connectivity index (χ0) is 24.2. The molecule has 1 rings (SSSR count). The van der Waals surface area contributed by atoms with E-state index in [0.29, 0.717) is 71.2 Å². The quantitative estimate of drug-likeness (QED) is 0.159. The van der Waals surface area contributed by atoms with Gasteiger partial charge in [0.25, 0.3) is 0 Å². The van der Waals surface area contributed by atoms with Crippen molar-refractivity contribution in [3.05, 3.63) is 0 Å². The summed E-state index contributed by atoms with van der Waals surface area (Å²) in [4.78, 5) is 0. The molecule has 5 atom stereocenters. The van der Waals surface area contributed by atoms with E-state index in [-0.39, 0.29) is 12.2 Å². The maximum absolute atomic E-state index is 6.28. The van der Waals surface area contributed by atoms with Crippen LogP contribution >= 0.6 is 23.2 Å². The predicted molar refractivity (Wildman–Crippen MR) is 129 cm³/mol. The second-order valence-electron chi connectivity index (χ2n) is 7.67. The van der Waals surface area contributed by atoms with E-state index >= 15 is 0 Å². The van der Waals surface area contributed by atoms with Gasteiger partial charge in [0.2, 0.25) is 0 Å². The van der Waals surface area contributed by atoms with Crippen LogP contribution in [0.5, 0.6) is 0 Å². The smallest absolute Gasteiger partial charge is 0.186 e. The minimum absolute atomic E-state index is 0.343. The van der Waals surface area contributed by atoms with Crippen LogP contribution in [-0.4, -0.2) is 109 Å². The maximum Gasteiger partial charge on any atom is 0.186 e. The summed E-state index contributed by atoms with van der Waals surface area (Å²) in [5, 5.41) is 0. The van der Waals surface area contributed by atoms with Crippen LogP contribution < -0.4 is 0 Å². The summed E-state index contributed by atoms with van der Waals surface area (Å²) in [6.07, 6.45) is 1.77. The zero-order valence-electron chi connectivity index (χ0n) is 20.5. The molecule has 0 N–H and O–H groups in total. The van der Waals surface area contributed by atoms with Crippen LogP contribution in [0.15, 0.2) is 0 Å². The average Bonchev–Trinajstić information content (AvgIpc) is 2.83. The third-order valence-corrected chi connectivity index (χ3v) is 5.38. The van der Waals surface area contributed by atoms with Gasteiger partial charge in [-0.2, -0.15) is 0 Å². The number of unbranched alkanes of at least 4 members (excludes halogenated alkanes) is 2. The lowest BCUT2D eigenvalue weighted by atomic mass is 9.98. The molecule has 0 aliphatic carbocycles. The number of methoxy groups -OCH3 is 1. The van der Waals surface area contributed by atoms with Gasteiger partial charge in [-0.3, -0.25) is 0 Å². The monoisotopic (exact) mass is 518 g/mol. The number of rotatable bonds is 22. The molecule has 0 saturated carbocycles. The Morgan fingerprint density at radius 3 is 1.79 bits per heavy atom. The molecule has 0 aromatic heterocycles. The van der Waals surface area contributed by atoms with E-state index in [9.17, 15) is 0 Å². The second kappa shape index (κ2) is 21.5. The van der Waals surface area contributed by atoms with E-state index < -0.39 is 18.5 Å². The highest BCUT2D eigenvalue weighted by Gasteiger charge is 2.48. The van der Waals surface area contributed by atoms with Gasteiger partial charge >= 0.3 is 0 Å². The van der Waals surface area contributed by atoms with Crippen molar-refractivity contribution >= 4 is 23.2 Å². The first-order valence-electron chi connectivity index (χ1n) is 12.1. The number of ether oxygens (including phenoxy) is 8. The number of hydrogen-bond donors (Lipinski definition) is 0. The summed E-state index contributed by atoms with van der Waals surface area (Å²) in [5.74, 6) is 0.880. The lowest BCUT2D eigenvalue weighted by Crippen LogP contribution is -2.62. The fourth-order valence-electron chi connectivity index (χ4n) is 3.38. The average molecular weight is 520 g/mol. The summed E-state index contributed by atoms with van der Waals surface area (Å²) >= 11 is 11.4. The standard InChI is InChI=1S/C23H44Cl2O8/c1-4-6-10-29-18-19-20(30-11-7-5-2)21(31-16-14-27-12-8-24)22(23(26-3)33-19)32-17-15-28-13-9-25/h19-23H,4-18H2,1-3H3/t19-,20-,21+,22-,23+/m1/s1. The van der Waals surface area contributed by atoms with Gasteiger partial charge < -0.3 is 37.9 Å². The molecular formula is C23H44Cl2O8. The Labute approximate surface area is 209 Å². The van der Waals surface area contributed by atoms with Gasteiger partial charge in [0.15, 0.2) is 6.29 Å². The Kier molecular flexibility index (Phi) is 20.4. The van der Waals surface area contributed by atoms with Gasteiger partial charge in [-0.25, -0.2) is 0 Å². The van der Waals surface area contributed by atoms with Crippen molar-refractivity contribution in [3.63, 3.8) is 0 Å². The van der Waals surface area contributed by atoms with Crippen molar-refractivity contribution in [1.82, 2.24) is 0 Å². The Morgan fingerprint density at radius 2 is 1.21 bits per heavy atom. The maximum atomic E-state index is 6.28. The molecule has 1 aliphatic rings. The van der Waals surface area contributed by atoms with Crippen LogP contribution in [0.4, 0.5) is 0 Å². The molecule has 8 nitrogen and oxygen atoms in total. The highest BCUT2D eigenvalue weighted by Crippen LogP contribution is 2.29. The van der Waals surface area contributed by atoms with Crippen molar-refractivity contribution < 1.29 is 37.9 Å². The van der Waals surface area contributed by atoms with E-state index in [1.54, 1.807) is 7.11 Å². The summed E-state index contributed by atoms with van der Waals surface area (Å²) < 4.78 is 47.3. The summed E-state index contributed by atoms with van der Waals surface area (Å²) in [6, 6.07) is 0. The topological polar surface area (TPSA) is 73.8 Å². The highest BCUT2D eigenvalue weighted by atomic mass is 35.5. The molecule has 0 spiro atoms. The lowest BCUT2D eigenvalue weighted by Gasteiger charge is -2.45. The third-order valence-electron chi connectivity index (χ3n) is 5.07. The van der Waals surface area contributed by atoms with E-state index in [0.717, 1.165) is 25.7 Å². The van der Waals surface area contributed by atoms with E-state index in [4.69, 9.17) is 61.1 Å². The van der Waals surface area contributed by atoms with Gasteiger partial charge in [0, 0.05) is 32.1 Å².